The summed E-state index contributed by atoms with van der Waals surface area (Å²) in [6.45, 7) is 11.9. The normalized spacial score (nSPS) is 12.1. The number of H-pyrrole nitrogens is 1. The van der Waals surface area contributed by atoms with Crippen LogP contribution in [-0.2, 0) is 23.4 Å². The monoisotopic (exact) mass is 373 g/mol. The molecule has 3 aromatic rings. The van der Waals surface area contributed by atoms with Crippen LogP contribution < -0.4 is 10.9 Å². The van der Waals surface area contributed by atoms with Crippen molar-refractivity contribution >= 4 is 17.0 Å². The average Bonchev–Trinajstić information content (AvgIpc) is 3.13. The first-order valence-electron chi connectivity index (χ1n) is 8.96. The highest BCUT2D eigenvalue weighted by molar-refractivity contribution is 5.74. The van der Waals surface area contributed by atoms with Gasteiger partial charge >= 0.3 is 0 Å². The highest BCUT2D eigenvalue weighted by atomic mass is 16.5. The number of aryl methyl sites for hydroxylation is 1. The number of aromatic nitrogens is 6. The maximum Gasteiger partial charge on any atom is 0.263 e. The fourth-order valence-corrected chi connectivity index (χ4v) is 3.05. The van der Waals surface area contributed by atoms with Gasteiger partial charge in [0.05, 0.1) is 30.6 Å². The van der Waals surface area contributed by atoms with Gasteiger partial charge in [0.1, 0.15) is 5.39 Å². The second kappa shape index (κ2) is 7.15. The molecule has 0 saturated heterocycles. The lowest BCUT2D eigenvalue weighted by Crippen LogP contribution is -2.24. The van der Waals surface area contributed by atoms with Gasteiger partial charge in [-0.05, 0) is 34.6 Å². The van der Waals surface area contributed by atoms with Crippen molar-refractivity contribution in [3.63, 3.8) is 0 Å². The van der Waals surface area contributed by atoms with E-state index in [1.807, 2.05) is 39.3 Å². The minimum absolute atomic E-state index is 0.206. The molecule has 0 aliphatic rings. The van der Waals surface area contributed by atoms with E-state index in [4.69, 9.17) is 4.74 Å². The minimum Gasteiger partial charge on any atom is -0.383 e. The summed E-state index contributed by atoms with van der Waals surface area (Å²) >= 11 is 0. The van der Waals surface area contributed by atoms with E-state index in [0.717, 1.165) is 17.0 Å². The Morgan fingerprint density at radius 3 is 2.70 bits per heavy atom. The fourth-order valence-electron chi connectivity index (χ4n) is 3.05. The van der Waals surface area contributed by atoms with Crippen LogP contribution in [-0.4, -0.2) is 43.2 Å². The smallest absolute Gasteiger partial charge is 0.263 e. The zero-order valence-electron chi connectivity index (χ0n) is 16.8. The van der Waals surface area contributed by atoms with Gasteiger partial charge in [0.2, 0.25) is 5.95 Å². The summed E-state index contributed by atoms with van der Waals surface area (Å²) in [5.41, 5.74) is 3.19. The molecule has 3 heterocycles. The SMILES string of the molecule is COCCn1nc(C)c(CNc2nc3c(cnn3C(C)(C)C)c(=O)[nH]2)c1C. The lowest BCUT2D eigenvalue weighted by Gasteiger charge is -2.19. The fraction of sp³-hybridized carbons (Fsp3) is 0.556. The second-order valence-corrected chi connectivity index (χ2v) is 7.60. The van der Waals surface area contributed by atoms with Crippen LogP contribution in [0.25, 0.3) is 11.0 Å². The minimum atomic E-state index is -0.268. The Morgan fingerprint density at radius 1 is 1.30 bits per heavy atom. The van der Waals surface area contributed by atoms with Crippen LogP contribution in [0, 0.1) is 13.8 Å². The third-order valence-corrected chi connectivity index (χ3v) is 4.54. The molecule has 9 nitrogen and oxygen atoms in total. The molecule has 0 atom stereocenters. The van der Waals surface area contributed by atoms with Crippen molar-refractivity contribution in [2.45, 2.75) is 53.2 Å². The largest absolute Gasteiger partial charge is 0.383 e. The first-order chi connectivity index (χ1) is 12.7. The number of hydrogen-bond acceptors (Lipinski definition) is 6. The Morgan fingerprint density at radius 2 is 2.04 bits per heavy atom. The van der Waals surface area contributed by atoms with Crippen LogP contribution >= 0.6 is 0 Å². The highest BCUT2D eigenvalue weighted by Crippen LogP contribution is 2.19. The van der Waals surface area contributed by atoms with Crippen LogP contribution in [0.15, 0.2) is 11.0 Å². The van der Waals surface area contributed by atoms with Gasteiger partial charge in [-0.3, -0.25) is 14.5 Å². The van der Waals surface area contributed by atoms with Gasteiger partial charge < -0.3 is 10.1 Å². The predicted molar refractivity (Wildman–Crippen MR) is 104 cm³/mol. The summed E-state index contributed by atoms with van der Waals surface area (Å²) in [6, 6.07) is 0. The number of fused-ring (bicyclic) bond motifs is 1. The van der Waals surface area contributed by atoms with Crippen molar-refractivity contribution in [3.8, 4) is 0 Å². The van der Waals surface area contributed by atoms with Gasteiger partial charge in [-0.2, -0.15) is 15.2 Å². The van der Waals surface area contributed by atoms with E-state index in [1.165, 1.54) is 0 Å². The van der Waals surface area contributed by atoms with Gasteiger partial charge in [0.25, 0.3) is 5.56 Å². The van der Waals surface area contributed by atoms with E-state index in [0.29, 0.717) is 36.7 Å². The van der Waals surface area contributed by atoms with Gasteiger partial charge in [-0.1, -0.05) is 0 Å². The maximum atomic E-state index is 12.4. The molecular formula is C18H27N7O2. The number of anilines is 1. The summed E-state index contributed by atoms with van der Waals surface area (Å²) in [5.74, 6) is 0.418. The van der Waals surface area contributed by atoms with E-state index >= 15 is 0 Å². The molecule has 2 N–H and O–H groups in total. The summed E-state index contributed by atoms with van der Waals surface area (Å²) < 4.78 is 8.83. The Balaban J connectivity index is 1.88. The summed E-state index contributed by atoms with van der Waals surface area (Å²) in [6.07, 6.45) is 1.56. The third-order valence-electron chi connectivity index (χ3n) is 4.54. The van der Waals surface area contributed by atoms with Crippen LogP contribution in [0.4, 0.5) is 5.95 Å². The Labute approximate surface area is 157 Å². The van der Waals surface area contributed by atoms with Crippen molar-refractivity contribution in [2.75, 3.05) is 19.0 Å². The molecule has 0 aliphatic carbocycles. The highest BCUT2D eigenvalue weighted by Gasteiger charge is 2.20. The van der Waals surface area contributed by atoms with E-state index in [1.54, 1.807) is 18.0 Å². The number of methoxy groups -OCH3 is 1. The van der Waals surface area contributed by atoms with E-state index in [2.05, 4.69) is 25.5 Å². The van der Waals surface area contributed by atoms with Crippen molar-refractivity contribution < 1.29 is 4.74 Å². The molecule has 0 amide bonds. The van der Waals surface area contributed by atoms with Gasteiger partial charge in [-0.25, -0.2) is 4.68 Å². The molecule has 0 spiro atoms. The average molecular weight is 373 g/mol. The molecule has 3 aromatic heterocycles. The Hall–Kier alpha value is -2.68. The first-order valence-corrected chi connectivity index (χ1v) is 8.96. The summed E-state index contributed by atoms with van der Waals surface area (Å²) in [5, 5.41) is 12.6. The van der Waals surface area contributed by atoms with Crippen LogP contribution in [0.5, 0.6) is 0 Å². The second-order valence-electron chi connectivity index (χ2n) is 7.60. The number of hydrogen-bond donors (Lipinski definition) is 2. The van der Waals surface area contributed by atoms with Crippen molar-refractivity contribution in [2.24, 2.45) is 0 Å². The van der Waals surface area contributed by atoms with E-state index in [-0.39, 0.29) is 11.1 Å². The van der Waals surface area contributed by atoms with Crippen LogP contribution in [0.1, 0.15) is 37.7 Å². The van der Waals surface area contributed by atoms with Crippen molar-refractivity contribution in [1.29, 1.82) is 0 Å². The molecular weight excluding hydrogens is 346 g/mol. The lowest BCUT2D eigenvalue weighted by atomic mass is 10.1. The summed E-state index contributed by atoms with van der Waals surface area (Å²) in [4.78, 5) is 19.8. The zero-order valence-corrected chi connectivity index (χ0v) is 16.8. The Kier molecular flexibility index (Phi) is 5.05. The molecule has 0 radical (unpaired) electrons. The quantitative estimate of drug-likeness (QED) is 0.685. The van der Waals surface area contributed by atoms with E-state index in [9.17, 15) is 4.79 Å². The van der Waals surface area contributed by atoms with Crippen LogP contribution in [0.3, 0.4) is 0 Å². The molecule has 0 bridgehead atoms. The zero-order chi connectivity index (χ0) is 19.8. The topological polar surface area (TPSA) is 103 Å². The number of nitrogens with zero attached hydrogens (tertiary/aromatic N) is 5. The molecule has 0 aromatic carbocycles. The maximum absolute atomic E-state index is 12.4. The molecule has 0 aliphatic heterocycles. The molecule has 27 heavy (non-hydrogen) atoms. The Bertz CT molecular complexity index is 1010. The van der Waals surface area contributed by atoms with Crippen LogP contribution in [0.2, 0.25) is 0 Å². The molecule has 146 valence electrons. The molecule has 3 rings (SSSR count). The summed E-state index contributed by atoms with van der Waals surface area (Å²) in [7, 11) is 1.68. The third kappa shape index (κ3) is 3.73. The van der Waals surface area contributed by atoms with Gasteiger partial charge in [-0.15, -0.1) is 0 Å². The van der Waals surface area contributed by atoms with Gasteiger partial charge in [0, 0.05) is 24.9 Å². The van der Waals surface area contributed by atoms with E-state index < -0.39 is 0 Å². The standard InChI is InChI=1S/C18H27N7O2/c1-11-13(12(2)24(23-11)7-8-27-6)9-19-17-21-15-14(16(26)22-17)10-20-25(15)18(3,4)5/h10H,7-9H2,1-6H3,(H2,19,21,22,26). The molecule has 0 saturated carbocycles. The molecule has 9 heteroatoms. The first kappa shape index (κ1) is 19.1. The van der Waals surface area contributed by atoms with Crippen molar-refractivity contribution in [3.05, 3.63) is 33.5 Å². The molecule has 0 unspecified atom stereocenters. The number of nitrogens with one attached hydrogen (secondary N) is 2. The van der Waals surface area contributed by atoms with Gasteiger partial charge in [0.15, 0.2) is 5.65 Å². The predicted octanol–water partition coefficient (Wildman–Crippen LogP) is 1.95. The number of rotatable bonds is 6. The number of ether oxygens (including phenoxy) is 1. The lowest BCUT2D eigenvalue weighted by molar-refractivity contribution is 0.182. The number of aromatic amines is 1. The van der Waals surface area contributed by atoms with Crippen molar-refractivity contribution in [1.82, 2.24) is 29.5 Å². The molecule has 0 fully saturated rings.